The second kappa shape index (κ2) is 19.1. The second-order valence-corrected chi connectivity index (χ2v) is 8.80. The molecule has 0 aromatic heterocycles. The largest absolute Gasteiger partial charge is 0.412 e. The van der Waals surface area contributed by atoms with Gasteiger partial charge in [-0.3, -0.25) is 0 Å². The van der Waals surface area contributed by atoms with Gasteiger partial charge in [0.25, 0.3) is 0 Å². The predicted octanol–water partition coefficient (Wildman–Crippen LogP) is 8.02. The summed E-state index contributed by atoms with van der Waals surface area (Å²) >= 11 is 0. The molecular formula is C29H47NO. The molecule has 0 radical (unpaired) electrons. The molecule has 0 amide bonds. The van der Waals surface area contributed by atoms with E-state index >= 15 is 0 Å². The molecule has 3 N–H and O–H groups in total. The van der Waals surface area contributed by atoms with Crippen molar-refractivity contribution in [3.63, 3.8) is 0 Å². The van der Waals surface area contributed by atoms with Gasteiger partial charge in [0.15, 0.2) is 0 Å². The zero-order valence-electron chi connectivity index (χ0n) is 20.0. The van der Waals surface area contributed by atoms with Gasteiger partial charge in [0, 0.05) is 0 Å². The number of rotatable bonds is 18. The van der Waals surface area contributed by atoms with Crippen LogP contribution >= 0.6 is 0 Å². The molecule has 0 heterocycles. The Kier molecular flexibility index (Phi) is 16.9. The quantitative estimate of drug-likeness (QED) is 0.241. The molecule has 0 spiro atoms. The first-order valence-corrected chi connectivity index (χ1v) is 12.7. The van der Waals surface area contributed by atoms with Gasteiger partial charge in [-0.25, -0.2) is 0 Å². The Morgan fingerprint density at radius 2 is 0.871 bits per heavy atom. The van der Waals surface area contributed by atoms with E-state index in [1.807, 2.05) is 0 Å². The lowest BCUT2D eigenvalue weighted by atomic mass is 9.98. The van der Waals surface area contributed by atoms with Crippen molar-refractivity contribution in [2.75, 3.05) is 6.54 Å². The van der Waals surface area contributed by atoms with E-state index < -0.39 is 0 Å². The fraction of sp³-hybridized carbons (Fsp3) is 0.586. The molecule has 2 aromatic carbocycles. The third-order valence-corrected chi connectivity index (χ3v) is 6.14. The number of nitrogens with one attached hydrogen (secondary N) is 1. The van der Waals surface area contributed by atoms with Gasteiger partial charge in [-0.1, -0.05) is 151 Å². The van der Waals surface area contributed by atoms with Gasteiger partial charge in [-0.05, 0) is 24.1 Å². The van der Waals surface area contributed by atoms with Crippen molar-refractivity contribution in [3.05, 3.63) is 71.8 Å². The highest BCUT2D eigenvalue weighted by Gasteiger charge is 2.12. The number of hydrogen-bond acceptors (Lipinski definition) is 1. The molecule has 0 unspecified atom stereocenters. The van der Waals surface area contributed by atoms with Crippen LogP contribution in [0.15, 0.2) is 60.7 Å². The Balaban J connectivity index is 0.00000480. The van der Waals surface area contributed by atoms with Crippen LogP contribution in [0.2, 0.25) is 0 Å². The second-order valence-electron chi connectivity index (χ2n) is 8.80. The summed E-state index contributed by atoms with van der Waals surface area (Å²) in [5.41, 5.74) is 2.71. The van der Waals surface area contributed by atoms with Gasteiger partial charge in [-0.15, -0.1) is 0 Å². The summed E-state index contributed by atoms with van der Waals surface area (Å²) in [6, 6.07) is 22.0. The number of unbranched alkanes of at least 4 members (excludes halogenated alkanes) is 13. The first-order chi connectivity index (χ1) is 14.9. The van der Waals surface area contributed by atoms with Crippen molar-refractivity contribution < 1.29 is 5.48 Å². The van der Waals surface area contributed by atoms with E-state index in [2.05, 4.69) is 72.9 Å². The number of benzene rings is 2. The monoisotopic (exact) mass is 425 g/mol. The van der Waals surface area contributed by atoms with Crippen LogP contribution in [0.3, 0.4) is 0 Å². The van der Waals surface area contributed by atoms with Crippen molar-refractivity contribution in [2.24, 2.45) is 0 Å². The molecule has 174 valence electrons. The van der Waals surface area contributed by atoms with Crippen LogP contribution in [0.25, 0.3) is 0 Å². The van der Waals surface area contributed by atoms with E-state index in [0.717, 1.165) is 6.54 Å². The summed E-state index contributed by atoms with van der Waals surface area (Å²) < 4.78 is 0. The molecular weight excluding hydrogens is 378 g/mol. The van der Waals surface area contributed by atoms with Gasteiger partial charge in [-0.2, -0.15) is 0 Å². The zero-order chi connectivity index (χ0) is 21.1. The van der Waals surface area contributed by atoms with Gasteiger partial charge in [0.1, 0.15) is 0 Å². The maximum atomic E-state index is 3.80. The zero-order valence-corrected chi connectivity index (χ0v) is 20.0. The Bertz CT molecular complexity index is 574. The molecule has 2 rings (SSSR count). The van der Waals surface area contributed by atoms with Crippen LogP contribution < -0.4 is 5.32 Å². The van der Waals surface area contributed by atoms with Crippen molar-refractivity contribution in [3.8, 4) is 0 Å². The smallest absolute Gasteiger partial charge is 0.0576 e. The van der Waals surface area contributed by atoms with Crippen LogP contribution in [-0.4, -0.2) is 12.0 Å². The molecule has 0 aliphatic rings. The first-order valence-electron chi connectivity index (χ1n) is 12.7. The van der Waals surface area contributed by atoms with E-state index in [0.29, 0.717) is 6.04 Å². The Labute approximate surface area is 192 Å². The maximum absolute atomic E-state index is 3.80. The van der Waals surface area contributed by atoms with E-state index in [4.69, 9.17) is 0 Å². The summed E-state index contributed by atoms with van der Waals surface area (Å²) in [5.74, 6) is 0. The van der Waals surface area contributed by atoms with Crippen LogP contribution in [0.5, 0.6) is 0 Å². The lowest BCUT2D eigenvalue weighted by molar-refractivity contribution is 0.521. The van der Waals surface area contributed by atoms with Crippen LogP contribution in [0.1, 0.15) is 114 Å². The molecule has 0 atom stereocenters. The lowest BCUT2D eigenvalue weighted by Gasteiger charge is -2.20. The minimum Gasteiger partial charge on any atom is -0.412 e. The van der Waals surface area contributed by atoms with Crippen molar-refractivity contribution in [1.29, 1.82) is 0 Å². The van der Waals surface area contributed by atoms with Crippen molar-refractivity contribution in [1.82, 2.24) is 5.32 Å². The molecule has 0 bridgehead atoms. The van der Waals surface area contributed by atoms with Gasteiger partial charge < -0.3 is 10.8 Å². The molecule has 0 aliphatic carbocycles. The first kappa shape index (κ1) is 27.4. The van der Waals surface area contributed by atoms with Crippen LogP contribution in [0, 0.1) is 0 Å². The van der Waals surface area contributed by atoms with Crippen LogP contribution in [-0.2, 0) is 0 Å². The van der Waals surface area contributed by atoms with Crippen molar-refractivity contribution >= 4 is 0 Å². The van der Waals surface area contributed by atoms with E-state index in [-0.39, 0.29) is 5.48 Å². The summed E-state index contributed by atoms with van der Waals surface area (Å²) in [7, 11) is 0. The summed E-state index contributed by atoms with van der Waals surface area (Å²) in [6.07, 6.45) is 19.8. The normalized spacial score (nSPS) is 10.9. The topological polar surface area (TPSA) is 43.5 Å². The predicted molar refractivity (Wildman–Crippen MR) is 137 cm³/mol. The highest BCUT2D eigenvalue weighted by atomic mass is 16.0. The maximum Gasteiger partial charge on any atom is 0.0576 e. The van der Waals surface area contributed by atoms with E-state index in [9.17, 15) is 0 Å². The summed E-state index contributed by atoms with van der Waals surface area (Å²) in [6.45, 7) is 3.38. The molecule has 2 nitrogen and oxygen atoms in total. The summed E-state index contributed by atoms with van der Waals surface area (Å²) in [4.78, 5) is 0. The molecule has 0 fully saturated rings. The molecule has 31 heavy (non-hydrogen) atoms. The standard InChI is InChI=1S/C29H45N.H2O/c1-2-3-4-5-6-7-8-9-10-11-12-13-14-21-26-30-29(27-22-17-15-18-23-27)28-24-19-16-20-25-28;/h15-20,22-25,29-30H,2-14,21,26H2,1H3;1H2. The van der Waals surface area contributed by atoms with Crippen LogP contribution in [0.4, 0.5) is 0 Å². The fourth-order valence-corrected chi connectivity index (χ4v) is 4.29. The molecule has 0 saturated carbocycles. The molecule has 0 saturated heterocycles. The summed E-state index contributed by atoms with van der Waals surface area (Å²) in [5, 5.41) is 3.80. The van der Waals surface area contributed by atoms with E-state index in [1.165, 1.54) is 101 Å². The number of hydrogen-bond donors (Lipinski definition) is 1. The Morgan fingerprint density at radius 3 is 1.26 bits per heavy atom. The minimum atomic E-state index is 0. The SMILES string of the molecule is CCCCCCCCCCCCCCCCNC(c1ccccc1)c1ccccc1.O. The Morgan fingerprint density at radius 1 is 0.516 bits per heavy atom. The van der Waals surface area contributed by atoms with Gasteiger partial charge in [0.2, 0.25) is 0 Å². The lowest BCUT2D eigenvalue weighted by Crippen LogP contribution is -2.23. The van der Waals surface area contributed by atoms with Gasteiger partial charge in [0.05, 0.1) is 6.04 Å². The van der Waals surface area contributed by atoms with E-state index in [1.54, 1.807) is 0 Å². The molecule has 0 aliphatic heterocycles. The minimum absolute atomic E-state index is 0. The molecule has 2 heteroatoms. The van der Waals surface area contributed by atoms with Gasteiger partial charge >= 0.3 is 0 Å². The third-order valence-electron chi connectivity index (χ3n) is 6.14. The highest BCUT2D eigenvalue weighted by Crippen LogP contribution is 2.22. The van der Waals surface area contributed by atoms with Crippen molar-refractivity contribution in [2.45, 2.75) is 103 Å². The average molecular weight is 426 g/mol. The molecule has 2 aromatic rings. The highest BCUT2D eigenvalue weighted by molar-refractivity contribution is 5.31. The average Bonchev–Trinajstić information content (AvgIpc) is 2.80. The third kappa shape index (κ3) is 12.7. The fourth-order valence-electron chi connectivity index (χ4n) is 4.29. The Hall–Kier alpha value is -1.64.